The van der Waals surface area contributed by atoms with Crippen LogP contribution in [0.1, 0.15) is 88.3 Å². The van der Waals surface area contributed by atoms with E-state index in [1.807, 2.05) is 31.2 Å². The van der Waals surface area contributed by atoms with Crippen LogP contribution in [0.5, 0.6) is 28.7 Å². The molecule has 4 aromatic rings. The van der Waals surface area contributed by atoms with Crippen LogP contribution >= 0.6 is 11.8 Å². The van der Waals surface area contributed by atoms with Crippen LogP contribution in [-0.4, -0.2) is 83.1 Å². The van der Waals surface area contributed by atoms with Gasteiger partial charge in [-0.15, -0.1) is 6.42 Å². The number of benzene rings is 3. The maximum Gasteiger partial charge on any atom is 0.329 e. The minimum atomic E-state index is -1.13. The molecule has 14 nitrogen and oxygen atoms in total. The number of aromatic amines is 1. The van der Waals surface area contributed by atoms with Crippen LogP contribution < -0.4 is 30.0 Å². The van der Waals surface area contributed by atoms with E-state index in [-0.39, 0.29) is 30.9 Å². The van der Waals surface area contributed by atoms with Gasteiger partial charge in [-0.05, 0) is 61.3 Å². The molecule has 6 aliphatic heterocycles. The fourth-order valence-corrected chi connectivity index (χ4v) is 12.4. The van der Waals surface area contributed by atoms with Crippen molar-refractivity contribution in [3.8, 4) is 46.5 Å². The highest BCUT2D eigenvalue weighted by Crippen LogP contribution is 2.71. The molecule has 0 spiro atoms. The van der Waals surface area contributed by atoms with E-state index in [9.17, 15) is 20.0 Å². The predicted molar refractivity (Wildman–Crippen MR) is 217 cm³/mol. The lowest BCUT2D eigenvalue weighted by Gasteiger charge is -2.57. The number of para-hydroxylation sites is 1. The number of carbonyl (C=O) groups is 2. The maximum absolute atomic E-state index is 14.6. The number of terminal acetylenes is 1. The summed E-state index contributed by atoms with van der Waals surface area (Å²) in [6.07, 6.45) is 7.22. The van der Waals surface area contributed by atoms with Crippen LogP contribution in [0.4, 0.5) is 0 Å². The molecule has 7 heterocycles. The van der Waals surface area contributed by atoms with Gasteiger partial charge in [-0.1, -0.05) is 30.0 Å². The van der Waals surface area contributed by atoms with Crippen molar-refractivity contribution in [1.29, 1.82) is 5.26 Å². The van der Waals surface area contributed by atoms with E-state index >= 15 is 0 Å². The second-order valence-corrected chi connectivity index (χ2v) is 17.6. The number of methoxy groups -OCH3 is 1. The van der Waals surface area contributed by atoms with Gasteiger partial charge in [-0.3, -0.25) is 19.9 Å². The van der Waals surface area contributed by atoms with Gasteiger partial charge in [0.05, 0.1) is 30.5 Å². The van der Waals surface area contributed by atoms with Crippen LogP contribution in [-0.2, 0) is 26.3 Å². The van der Waals surface area contributed by atoms with E-state index in [4.69, 9.17) is 35.8 Å². The van der Waals surface area contributed by atoms with Gasteiger partial charge >= 0.3 is 11.9 Å². The lowest BCUT2D eigenvalue weighted by atomic mass is 9.72. The monoisotopic (exact) mass is 816 g/mol. The average Bonchev–Trinajstić information content (AvgIpc) is 3.97. The third kappa shape index (κ3) is 5.03. The number of nitrogens with one attached hydrogen (secondary N) is 2. The van der Waals surface area contributed by atoms with Crippen molar-refractivity contribution in [2.45, 2.75) is 87.1 Å². The zero-order valence-electron chi connectivity index (χ0n) is 33.3. The molecule has 10 rings (SSSR count). The summed E-state index contributed by atoms with van der Waals surface area (Å²) >= 11 is 1.21. The minimum absolute atomic E-state index is 0.0276. The molecule has 2 bridgehead atoms. The summed E-state index contributed by atoms with van der Waals surface area (Å²) in [6.45, 7) is 7.48. The first-order valence-electron chi connectivity index (χ1n) is 19.8. The molecule has 2 saturated heterocycles. The standard InChI is InChI=1S/C44H44N6O8S/c1-7-59-41-31-30(40-39(56-19-57-40)21(3)38(31)58-22(4)51)28(15-55-42(53)33-32-25(13-23(14-45)47-33)24-10-8-9-11-27(24)48-32)50-35(41)34-29-26(12-20(2)37(54-6)36(29)52)43(5)16-44(50,17-46)18-49(34)43/h1,8-12,23,28,33-35,41,47-48,52H,13-16,18-19,45H2,2-6H3/t23-,28-,33+,34+,35+,41+,43?,44?/m0/s1. The van der Waals surface area contributed by atoms with Crippen LogP contribution in [0, 0.1) is 36.9 Å². The number of carbonyl (C=O) groups excluding carboxylic acids is 2. The molecule has 15 heteroatoms. The molecule has 3 aromatic carbocycles. The van der Waals surface area contributed by atoms with Gasteiger partial charge in [0.2, 0.25) is 6.79 Å². The van der Waals surface area contributed by atoms with Crippen molar-refractivity contribution in [3.63, 3.8) is 0 Å². The van der Waals surface area contributed by atoms with Crippen molar-refractivity contribution < 1.29 is 38.4 Å². The maximum atomic E-state index is 14.6. The summed E-state index contributed by atoms with van der Waals surface area (Å²) in [5.41, 5.74) is 11.1. The Morgan fingerprint density at radius 2 is 1.95 bits per heavy atom. The van der Waals surface area contributed by atoms with Gasteiger partial charge in [0, 0.05) is 82.9 Å². The molecule has 2 unspecified atom stereocenters. The number of nitrogens with zero attached hydrogens (tertiary/aromatic N) is 3. The topological polar surface area (TPSA) is 185 Å². The molecule has 304 valence electrons. The number of fused-ring (bicyclic) bond motifs is 13. The molecule has 6 aliphatic rings. The van der Waals surface area contributed by atoms with Crippen molar-refractivity contribution in [2.75, 3.05) is 33.6 Å². The molecular weight excluding hydrogens is 773 g/mol. The van der Waals surface area contributed by atoms with E-state index in [2.05, 4.69) is 44.4 Å². The number of nitriles is 1. The van der Waals surface area contributed by atoms with Crippen LogP contribution in [0.25, 0.3) is 10.9 Å². The van der Waals surface area contributed by atoms with Crippen LogP contribution in [0.15, 0.2) is 30.3 Å². The molecular formula is C44H44N6O8S. The number of phenolic OH excluding ortho intramolecular Hbond substituents is 1. The highest BCUT2D eigenvalue weighted by Gasteiger charge is 2.72. The predicted octanol–water partition coefficient (Wildman–Crippen LogP) is 4.95. The lowest BCUT2D eigenvalue weighted by molar-refractivity contribution is -0.152. The van der Waals surface area contributed by atoms with Crippen molar-refractivity contribution in [3.05, 3.63) is 75.0 Å². The van der Waals surface area contributed by atoms with E-state index in [0.717, 1.165) is 33.3 Å². The number of nitrogens with two attached hydrogens (primary N) is 1. The van der Waals surface area contributed by atoms with E-state index in [1.54, 1.807) is 6.92 Å². The molecule has 5 N–H and O–H groups in total. The first-order valence-corrected chi connectivity index (χ1v) is 20.6. The summed E-state index contributed by atoms with van der Waals surface area (Å²) in [5.74, 6) is 0.407. The van der Waals surface area contributed by atoms with Gasteiger partial charge in [0.15, 0.2) is 23.0 Å². The molecule has 0 aliphatic carbocycles. The Kier molecular flexibility index (Phi) is 8.52. The van der Waals surface area contributed by atoms with Crippen molar-refractivity contribution in [2.24, 2.45) is 5.73 Å². The molecule has 0 radical (unpaired) electrons. The number of rotatable bonds is 7. The van der Waals surface area contributed by atoms with E-state index < -0.39 is 52.4 Å². The van der Waals surface area contributed by atoms with E-state index in [0.29, 0.717) is 65.4 Å². The van der Waals surface area contributed by atoms with Gasteiger partial charge in [-0.2, -0.15) is 5.26 Å². The number of hydrogen-bond acceptors (Lipinski definition) is 14. The number of aryl methyl sites for hydroxylation is 1. The first-order chi connectivity index (χ1) is 28.4. The normalized spacial score (nSPS) is 29.5. The fraction of sp³-hybridized carbons (Fsp3) is 0.432. The van der Waals surface area contributed by atoms with Gasteiger partial charge < -0.3 is 39.5 Å². The highest BCUT2D eigenvalue weighted by molar-refractivity contribution is 8.04. The second kappa shape index (κ2) is 13.3. The third-order valence-electron chi connectivity index (χ3n) is 13.6. The van der Waals surface area contributed by atoms with Gasteiger partial charge in [0.25, 0.3) is 0 Å². The Bertz CT molecular complexity index is 2600. The molecule has 2 fully saturated rings. The summed E-state index contributed by atoms with van der Waals surface area (Å²) in [5, 5.41) is 30.3. The Labute approximate surface area is 345 Å². The number of aromatic nitrogens is 1. The zero-order valence-corrected chi connectivity index (χ0v) is 34.1. The van der Waals surface area contributed by atoms with Crippen molar-refractivity contribution >= 4 is 34.6 Å². The SMILES string of the molecule is C#CS[C@@H]1c2c(OC(C)=O)c(C)c3c(c2[C@H](COC(=O)[C@@H]2N[C@H](CN)Cc4c2[nH]c2ccccc42)N2[C@@H]1[C@H]1c4c(cc(C)c(OC)c4O)C4(C)CC2(C#N)CN14)OCO3. The number of piperazine rings is 1. The van der Waals surface area contributed by atoms with E-state index in [1.165, 1.54) is 25.8 Å². The zero-order chi connectivity index (χ0) is 41.3. The number of hydrogen-bond donors (Lipinski definition) is 4. The Balaban J connectivity index is 1.18. The number of aromatic hydroxyl groups is 1. The highest BCUT2D eigenvalue weighted by atomic mass is 32.2. The number of thioether (sulfide) groups is 1. The molecule has 59 heavy (non-hydrogen) atoms. The lowest BCUT2D eigenvalue weighted by Crippen LogP contribution is -2.66. The first kappa shape index (κ1) is 37.8. The summed E-state index contributed by atoms with van der Waals surface area (Å²) < 4.78 is 30.7. The minimum Gasteiger partial charge on any atom is -0.504 e. The van der Waals surface area contributed by atoms with Crippen LogP contribution in [0.2, 0.25) is 0 Å². The number of esters is 2. The smallest absolute Gasteiger partial charge is 0.329 e. The molecule has 1 aromatic heterocycles. The molecule has 0 saturated carbocycles. The number of ether oxygens (including phenoxy) is 5. The molecule has 0 amide bonds. The Morgan fingerprint density at radius 1 is 1.17 bits per heavy atom. The molecule has 8 atom stereocenters. The Hall–Kier alpha value is -5.42. The van der Waals surface area contributed by atoms with Crippen molar-refractivity contribution in [1.82, 2.24) is 20.1 Å². The summed E-state index contributed by atoms with van der Waals surface area (Å²) in [7, 11) is 1.53. The summed E-state index contributed by atoms with van der Waals surface area (Å²) in [4.78, 5) is 35.5. The van der Waals surface area contributed by atoms with Gasteiger partial charge in [-0.25, -0.2) is 4.79 Å². The fourth-order valence-electron chi connectivity index (χ4n) is 11.5. The average molecular weight is 817 g/mol. The second-order valence-electron chi connectivity index (χ2n) is 16.6. The number of H-pyrrole nitrogens is 1. The number of phenols is 1. The van der Waals surface area contributed by atoms with Crippen LogP contribution in [0.3, 0.4) is 0 Å². The largest absolute Gasteiger partial charge is 0.504 e. The van der Waals surface area contributed by atoms with Gasteiger partial charge in [0.1, 0.15) is 23.9 Å². The quantitative estimate of drug-likeness (QED) is 0.112. The third-order valence-corrected chi connectivity index (χ3v) is 14.5. The Morgan fingerprint density at radius 3 is 2.68 bits per heavy atom. The summed E-state index contributed by atoms with van der Waals surface area (Å²) in [6, 6.07) is 9.74.